The predicted molar refractivity (Wildman–Crippen MR) is 97.1 cm³/mol. The van der Waals surface area contributed by atoms with Gasteiger partial charge in [0.25, 0.3) is 5.91 Å². The molecule has 1 aliphatic rings. The summed E-state index contributed by atoms with van der Waals surface area (Å²) >= 11 is 0. The van der Waals surface area contributed by atoms with E-state index < -0.39 is 5.91 Å². The van der Waals surface area contributed by atoms with Gasteiger partial charge in [-0.2, -0.15) is 0 Å². The number of nitrogens with one attached hydrogen (secondary N) is 1. The zero-order chi connectivity index (χ0) is 17.9. The summed E-state index contributed by atoms with van der Waals surface area (Å²) in [6.45, 7) is 2.35. The molecule has 2 aromatic heterocycles. The van der Waals surface area contributed by atoms with Gasteiger partial charge in [0.2, 0.25) is 0 Å². The van der Waals surface area contributed by atoms with Crippen LogP contribution in [0.2, 0.25) is 0 Å². The molecule has 6 heteroatoms. The van der Waals surface area contributed by atoms with Gasteiger partial charge >= 0.3 is 0 Å². The maximum Gasteiger partial charge on any atom is 0.287 e. The number of hydrogen-bond acceptors (Lipinski definition) is 5. The number of para-hydroxylation sites is 1. The van der Waals surface area contributed by atoms with E-state index in [1.165, 1.54) is 6.07 Å². The first-order chi connectivity index (χ1) is 12.7. The fourth-order valence-corrected chi connectivity index (χ4v) is 3.44. The van der Waals surface area contributed by atoms with Crippen molar-refractivity contribution in [3.63, 3.8) is 0 Å². The first-order valence-corrected chi connectivity index (χ1v) is 8.81. The highest BCUT2D eigenvalue weighted by Gasteiger charge is 2.26. The molecule has 3 aromatic rings. The molecule has 1 fully saturated rings. The van der Waals surface area contributed by atoms with Gasteiger partial charge in [-0.1, -0.05) is 12.1 Å². The molecule has 0 bridgehead atoms. The van der Waals surface area contributed by atoms with Crippen molar-refractivity contribution in [3.05, 3.63) is 70.5 Å². The summed E-state index contributed by atoms with van der Waals surface area (Å²) in [5.74, 6) is 0.448. The quantitative estimate of drug-likeness (QED) is 0.764. The SMILES string of the molecule is O=C(NCC(c1ccco1)N1CCCC1)c1cc(=O)c2ccccc2o1. The lowest BCUT2D eigenvalue weighted by atomic mass is 10.2. The van der Waals surface area contributed by atoms with Crippen LogP contribution in [0.5, 0.6) is 0 Å². The van der Waals surface area contributed by atoms with Gasteiger partial charge in [0.05, 0.1) is 17.7 Å². The lowest BCUT2D eigenvalue weighted by molar-refractivity contribution is 0.0906. The minimum absolute atomic E-state index is 0.0216. The molecule has 1 amide bonds. The summed E-state index contributed by atoms with van der Waals surface area (Å²) in [4.78, 5) is 27.0. The van der Waals surface area contributed by atoms with Gasteiger partial charge in [-0.25, -0.2) is 0 Å². The third kappa shape index (κ3) is 3.28. The van der Waals surface area contributed by atoms with Crippen molar-refractivity contribution in [2.45, 2.75) is 18.9 Å². The molecule has 0 saturated carbocycles. The Balaban J connectivity index is 1.53. The Morgan fingerprint density at radius 1 is 1.15 bits per heavy atom. The summed E-state index contributed by atoms with van der Waals surface area (Å²) in [6.07, 6.45) is 3.93. The molecule has 1 saturated heterocycles. The summed E-state index contributed by atoms with van der Waals surface area (Å²) in [7, 11) is 0. The van der Waals surface area contributed by atoms with E-state index >= 15 is 0 Å². The monoisotopic (exact) mass is 352 g/mol. The normalized spacial score (nSPS) is 16.0. The molecule has 6 nitrogen and oxygen atoms in total. The Kier molecular flexibility index (Phi) is 4.58. The molecule has 0 radical (unpaired) electrons. The van der Waals surface area contributed by atoms with Crippen molar-refractivity contribution in [1.82, 2.24) is 10.2 Å². The van der Waals surface area contributed by atoms with E-state index in [0.717, 1.165) is 31.7 Å². The number of hydrogen-bond donors (Lipinski definition) is 1. The van der Waals surface area contributed by atoms with Crippen LogP contribution >= 0.6 is 0 Å². The van der Waals surface area contributed by atoms with E-state index in [2.05, 4.69) is 10.2 Å². The number of likely N-dealkylation sites (tertiary alicyclic amines) is 1. The molecule has 0 aliphatic carbocycles. The van der Waals surface area contributed by atoms with Crippen molar-refractivity contribution >= 4 is 16.9 Å². The van der Waals surface area contributed by atoms with Crippen molar-refractivity contribution in [1.29, 1.82) is 0 Å². The summed E-state index contributed by atoms with van der Waals surface area (Å²) in [5.41, 5.74) is 0.186. The van der Waals surface area contributed by atoms with Crippen LogP contribution in [0.1, 0.15) is 35.2 Å². The van der Waals surface area contributed by atoms with Gasteiger partial charge in [0, 0.05) is 12.6 Å². The average Bonchev–Trinajstić information content (AvgIpc) is 3.36. The zero-order valence-corrected chi connectivity index (χ0v) is 14.3. The second kappa shape index (κ2) is 7.17. The topological polar surface area (TPSA) is 75.7 Å². The maximum atomic E-state index is 12.5. The number of amides is 1. The fourth-order valence-electron chi connectivity index (χ4n) is 3.44. The number of rotatable bonds is 5. The lowest BCUT2D eigenvalue weighted by Crippen LogP contribution is -2.36. The molecule has 1 atom stereocenters. The molecule has 4 rings (SSSR count). The second-order valence-electron chi connectivity index (χ2n) is 6.46. The fraction of sp³-hybridized carbons (Fsp3) is 0.300. The molecule has 1 aliphatic heterocycles. The Bertz CT molecular complexity index is 955. The Morgan fingerprint density at radius 3 is 2.73 bits per heavy atom. The number of fused-ring (bicyclic) bond motifs is 1. The molecule has 26 heavy (non-hydrogen) atoms. The van der Waals surface area contributed by atoms with Crippen LogP contribution in [0, 0.1) is 0 Å². The minimum atomic E-state index is -0.399. The number of benzene rings is 1. The van der Waals surface area contributed by atoms with E-state index in [0.29, 0.717) is 17.5 Å². The highest BCUT2D eigenvalue weighted by Crippen LogP contribution is 2.25. The van der Waals surface area contributed by atoms with Crippen molar-refractivity contribution in [3.8, 4) is 0 Å². The van der Waals surface area contributed by atoms with Crippen LogP contribution < -0.4 is 10.7 Å². The second-order valence-corrected chi connectivity index (χ2v) is 6.46. The third-order valence-corrected chi connectivity index (χ3v) is 4.77. The molecular weight excluding hydrogens is 332 g/mol. The average molecular weight is 352 g/mol. The van der Waals surface area contributed by atoms with E-state index in [-0.39, 0.29) is 17.2 Å². The van der Waals surface area contributed by atoms with E-state index in [1.54, 1.807) is 30.5 Å². The first kappa shape index (κ1) is 16.6. The summed E-state index contributed by atoms with van der Waals surface area (Å²) < 4.78 is 11.2. The van der Waals surface area contributed by atoms with Crippen LogP contribution in [0.25, 0.3) is 11.0 Å². The lowest BCUT2D eigenvalue weighted by Gasteiger charge is -2.25. The number of nitrogens with zero attached hydrogens (tertiary/aromatic N) is 1. The summed E-state index contributed by atoms with van der Waals surface area (Å²) in [6, 6.07) is 11.9. The molecule has 1 aromatic carbocycles. The molecular formula is C20H20N2O4. The number of carbonyl (C=O) groups is 1. The smallest absolute Gasteiger partial charge is 0.287 e. The highest BCUT2D eigenvalue weighted by atomic mass is 16.3. The first-order valence-electron chi connectivity index (χ1n) is 8.81. The van der Waals surface area contributed by atoms with Crippen molar-refractivity contribution in [2.24, 2.45) is 0 Å². The zero-order valence-electron chi connectivity index (χ0n) is 14.3. The van der Waals surface area contributed by atoms with E-state index in [1.807, 2.05) is 12.1 Å². The van der Waals surface area contributed by atoms with Crippen LogP contribution in [0.3, 0.4) is 0 Å². The van der Waals surface area contributed by atoms with Gasteiger partial charge < -0.3 is 14.2 Å². The standard InChI is InChI=1S/C20H20N2O4/c23-16-12-19(26-17-7-2-1-6-14(16)17)20(24)21-13-15(18-8-5-11-25-18)22-9-3-4-10-22/h1-2,5-8,11-12,15H,3-4,9-10,13H2,(H,21,24). The van der Waals surface area contributed by atoms with Crippen LogP contribution in [-0.4, -0.2) is 30.4 Å². The Morgan fingerprint density at radius 2 is 1.96 bits per heavy atom. The minimum Gasteiger partial charge on any atom is -0.468 e. The van der Waals surface area contributed by atoms with Gasteiger partial charge in [-0.15, -0.1) is 0 Å². The molecule has 134 valence electrons. The Hall–Kier alpha value is -2.86. The van der Waals surface area contributed by atoms with Gasteiger partial charge in [-0.05, 0) is 50.2 Å². The molecule has 1 N–H and O–H groups in total. The predicted octanol–water partition coefficient (Wildman–Crippen LogP) is 2.95. The molecule has 1 unspecified atom stereocenters. The Labute approximate surface area is 150 Å². The van der Waals surface area contributed by atoms with E-state index in [9.17, 15) is 9.59 Å². The molecule has 3 heterocycles. The number of carbonyl (C=O) groups excluding carboxylic acids is 1. The highest BCUT2D eigenvalue weighted by molar-refractivity contribution is 5.93. The number of furan rings is 1. The summed E-state index contributed by atoms with van der Waals surface area (Å²) in [5, 5.41) is 3.35. The van der Waals surface area contributed by atoms with Crippen molar-refractivity contribution in [2.75, 3.05) is 19.6 Å². The van der Waals surface area contributed by atoms with Gasteiger partial charge in [0.1, 0.15) is 11.3 Å². The van der Waals surface area contributed by atoms with Gasteiger partial charge in [-0.3, -0.25) is 14.5 Å². The maximum absolute atomic E-state index is 12.5. The largest absolute Gasteiger partial charge is 0.468 e. The van der Waals surface area contributed by atoms with Crippen LogP contribution in [-0.2, 0) is 0 Å². The van der Waals surface area contributed by atoms with Crippen LogP contribution in [0.4, 0.5) is 0 Å². The van der Waals surface area contributed by atoms with Crippen molar-refractivity contribution < 1.29 is 13.6 Å². The third-order valence-electron chi connectivity index (χ3n) is 4.77. The van der Waals surface area contributed by atoms with Gasteiger partial charge in [0.15, 0.2) is 11.2 Å². The van der Waals surface area contributed by atoms with Crippen LogP contribution in [0.15, 0.2) is 62.4 Å². The van der Waals surface area contributed by atoms with E-state index in [4.69, 9.17) is 8.83 Å². The molecule has 0 spiro atoms.